The minimum Gasteiger partial charge on any atom is -0.396 e. The number of aliphatic hydroxyl groups is 1. The topological polar surface area (TPSA) is 99.2 Å². The van der Waals surface area contributed by atoms with Gasteiger partial charge in [0.1, 0.15) is 0 Å². The zero-order chi connectivity index (χ0) is 23.0. The number of H-pyrrole nitrogens is 1. The van der Waals surface area contributed by atoms with E-state index in [1.54, 1.807) is 0 Å². The zero-order valence-electron chi connectivity index (χ0n) is 18.6. The van der Waals surface area contributed by atoms with Crippen LogP contribution in [0.5, 0.6) is 0 Å². The highest BCUT2D eigenvalue weighted by molar-refractivity contribution is 6.39. The fraction of sp³-hybridized carbons (Fsp3) is 0.259. The molecule has 0 saturated carbocycles. The van der Waals surface area contributed by atoms with Crippen molar-refractivity contribution in [2.24, 2.45) is 0 Å². The van der Waals surface area contributed by atoms with Gasteiger partial charge in [0.15, 0.2) is 0 Å². The normalized spacial score (nSPS) is 15.2. The average molecular weight is 453 g/mol. The summed E-state index contributed by atoms with van der Waals surface area (Å²) in [5, 5.41) is 18.6. The molecule has 0 bridgehead atoms. The Morgan fingerprint density at radius 1 is 1.00 bits per heavy atom. The highest BCUT2D eigenvalue weighted by atomic mass is 16.3. The first-order chi connectivity index (χ1) is 16.7. The molecule has 34 heavy (non-hydrogen) atoms. The lowest BCUT2D eigenvalue weighted by Gasteiger charge is -2.16. The largest absolute Gasteiger partial charge is 0.396 e. The number of aryl methyl sites for hydroxylation is 2. The molecular formula is C27H24N4O3. The monoisotopic (exact) mass is 452 g/mol. The van der Waals surface area contributed by atoms with Gasteiger partial charge in [-0.3, -0.25) is 14.9 Å². The molecule has 2 aliphatic rings. The summed E-state index contributed by atoms with van der Waals surface area (Å²) in [6, 6.07) is 12.5. The third kappa shape index (κ3) is 2.53. The second kappa shape index (κ2) is 7.16. The van der Waals surface area contributed by atoms with E-state index >= 15 is 0 Å². The Morgan fingerprint density at radius 3 is 2.71 bits per heavy atom. The summed E-state index contributed by atoms with van der Waals surface area (Å²) < 4.78 is 2.34. The van der Waals surface area contributed by atoms with Gasteiger partial charge in [0.05, 0.1) is 27.7 Å². The van der Waals surface area contributed by atoms with Gasteiger partial charge in [-0.05, 0) is 43.0 Å². The SMILES string of the molecule is O=C1NC(=O)c2c1c1c3ccc(CNCCCO)cc3[nH]c1c1c2c2cccc3c2n1CCC3. The number of para-hydroxylation sites is 1. The molecule has 0 aliphatic carbocycles. The van der Waals surface area contributed by atoms with Gasteiger partial charge in [0, 0.05) is 46.8 Å². The third-order valence-electron chi connectivity index (χ3n) is 7.37. The quantitative estimate of drug-likeness (QED) is 0.241. The Balaban J connectivity index is 1.58. The molecule has 0 spiro atoms. The van der Waals surface area contributed by atoms with Crippen molar-refractivity contribution >= 4 is 55.4 Å². The van der Waals surface area contributed by atoms with Gasteiger partial charge in [-0.15, -0.1) is 0 Å². The minimum absolute atomic E-state index is 0.172. The summed E-state index contributed by atoms with van der Waals surface area (Å²) in [4.78, 5) is 29.8. The molecule has 7 heteroatoms. The second-order valence-corrected chi connectivity index (χ2v) is 9.33. The number of imide groups is 1. The van der Waals surface area contributed by atoms with Gasteiger partial charge < -0.3 is 20.0 Å². The lowest BCUT2D eigenvalue weighted by Crippen LogP contribution is -2.20. The van der Waals surface area contributed by atoms with E-state index < -0.39 is 0 Å². The molecule has 0 fully saturated rings. The van der Waals surface area contributed by atoms with Crippen molar-refractivity contribution in [3.05, 3.63) is 58.7 Å². The number of hydrogen-bond donors (Lipinski definition) is 4. The predicted molar refractivity (Wildman–Crippen MR) is 132 cm³/mol. The lowest BCUT2D eigenvalue weighted by molar-refractivity contribution is 0.0880. The molecule has 4 heterocycles. The summed E-state index contributed by atoms with van der Waals surface area (Å²) in [6.45, 7) is 2.50. The van der Waals surface area contributed by atoms with Crippen LogP contribution >= 0.6 is 0 Å². The number of aliphatic hydroxyl groups excluding tert-OH is 1. The van der Waals surface area contributed by atoms with E-state index in [0.717, 1.165) is 69.6 Å². The number of nitrogens with one attached hydrogen (secondary N) is 3. The molecule has 7 rings (SSSR count). The van der Waals surface area contributed by atoms with Crippen LogP contribution in [0.4, 0.5) is 0 Å². The number of aromatic nitrogens is 2. The number of rotatable bonds is 5. The van der Waals surface area contributed by atoms with Gasteiger partial charge >= 0.3 is 0 Å². The van der Waals surface area contributed by atoms with E-state index in [1.165, 1.54) is 11.1 Å². The molecule has 3 aromatic carbocycles. The van der Waals surface area contributed by atoms with E-state index in [2.05, 4.69) is 50.5 Å². The lowest BCUT2D eigenvalue weighted by atomic mass is 9.96. The fourth-order valence-corrected chi connectivity index (χ4v) is 6.01. The molecular weight excluding hydrogens is 428 g/mol. The van der Waals surface area contributed by atoms with Gasteiger partial charge in [-0.1, -0.05) is 30.3 Å². The smallest absolute Gasteiger partial charge is 0.259 e. The third-order valence-corrected chi connectivity index (χ3v) is 7.37. The number of carbonyl (C=O) groups is 2. The molecule has 170 valence electrons. The second-order valence-electron chi connectivity index (χ2n) is 9.33. The Morgan fingerprint density at radius 2 is 1.85 bits per heavy atom. The van der Waals surface area contributed by atoms with Crippen LogP contribution in [0.25, 0.3) is 43.6 Å². The van der Waals surface area contributed by atoms with Crippen molar-refractivity contribution in [3.8, 4) is 0 Å². The standard InChI is InChI=1S/C27H24N4O3/c32-11-3-9-28-13-14-7-8-16-18(12-14)29-23-19(16)21-22(27(34)30-26(21)33)20-17-6-1-4-15-5-2-10-31(24(15)17)25(20)23/h1,4,6-8,12,28-29,32H,2-3,5,9-11,13H2,(H,30,33,34). The number of benzene rings is 3. The van der Waals surface area contributed by atoms with Crippen LogP contribution in [-0.2, 0) is 19.5 Å². The number of hydrogen-bond acceptors (Lipinski definition) is 4. The molecule has 2 aliphatic heterocycles. The minimum atomic E-state index is -0.325. The van der Waals surface area contributed by atoms with Crippen molar-refractivity contribution in [2.75, 3.05) is 13.2 Å². The highest BCUT2D eigenvalue weighted by Crippen LogP contribution is 2.45. The van der Waals surface area contributed by atoms with Crippen molar-refractivity contribution in [1.82, 2.24) is 20.2 Å². The van der Waals surface area contributed by atoms with E-state index in [1.807, 2.05) is 6.07 Å². The average Bonchev–Trinajstić information content (AvgIpc) is 3.47. The van der Waals surface area contributed by atoms with E-state index in [-0.39, 0.29) is 18.4 Å². The number of aromatic amines is 1. The van der Waals surface area contributed by atoms with Crippen LogP contribution in [-0.4, -0.2) is 39.6 Å². The molecule has 0 saturated heterocycles. The molecule has 2 aromatic heterocycles. The van der Waals surface area contributed by atoms with Gasteiger partial charge in [0.2, 0.25) is 0 Å². The van der Waals surface area contributed by atoms with Crippen molar-refractivity contribution < 1.29 is 14.7 Å². The summed E-state index contributed by atoms with van der Waals surface area (Å²) in [7, 11) is 0. The number of nitrogens with zero attached hydrogens (tertiary/aromatic N) is 1. The first-order valence-corrected chi connectivity index (χ1v) is 11.9. The van der Waals surface area contributed by atoms with Crippen LogP contribution in [0.3, 0.4) is 0 Å². The first-order valence-electron chi connectivity index (χ1n) is 11.9. The van der Waals surface area contributed by atoms with Crippen LogP contribution in [0.2, 0.25) is 0 Å². The molecule has 0 radical (unpaired) electrons. The van der Waals surface area contributed by atoms with Crippen LogP contribution in [0.15, 0.2) is 36.4 Å². The van der Waals surface area contributed by atoms with Gasteiger partial charge in [-0.25, -0.2) is 0 Å². The predicted octanol–water partition coefficient (Wildman–Crippen LogP) is 3.73. The summed E-state index contributed by atoms with van der Waals surface area (Å²) >= 11 is 0. The van der Waals surface area contributed by atoms with Gasteiger partial charge in [-0.2, -0.15) is 0 Å². The van der Waals surface area contributed by atoms with Gasteiger partial charge in [0.25, 0.3) is 11.8 Å². The van der Waals surface area contributed by atoms with E-state index in [0.29, 0.717) is 24.1 Å². The van der Waals surface area contributed by atoms with Crippen molar-refractivity contribution in [3.63, 3.8) is 0 Å². The first kappa shape index (κ1) is 19.8. The molecule has 7 nitrogen and oxygen atoms in total. The Hall–Kier alpha value is -3.68. The van der Waals surface area contributed by atoms with Crippen molar-refractivity contribution in [2.45, 2.75) is 32.4 Å². The summed E-state index contributed by atoms with van der Waals surface area (Å²) in [6.07, 6.45) is 2.78. The zero-order valence-corrected chi connectivity index (χ0v) is 18.6. The Bertz CT molecular complexity index is 1690. The molecule has 0 atom stereocenters. The van der Waals surface area contributed by atoms with E-state index in [4.69, 9.17) is 5.11 Å². The maximum Gasteiger partial charge on any atom is 0.259 e. The fourth-order valence-electron chi connectivity index (χ4n) is 6.01. The summed E-state index contributed by atoms with van der Waals surface area (Å²) in [5.41, 5.74) is 7.46. The van der Waals surface area contributed by atoms with Crippen molar-refractivity contribution in [1.29, 1.82) is 0 Å². The molecule has 4 N–H and O–H groups in total. The number of fused-ring (bicyclic) bond motifs is 10. The molecule has 0 unspecified atom stereocenters. The maximum atomic E-state index is 13.1. The van der Waals surface area contributed by atoms with Crippen LogP contribution in [0, 0.1) is 0 Å². The van der Waals surface area contributed by atoms with E-state index in [9.17, 15) is 9.59 Å². The number of carbonyl (C=O) groups excluding carboxylic acids is 2. The van der Waals surface area contributed by atoms with Crippen LogP contribution in [0.1, 0.15) is 44.7 Å². The summed E-state index contributed by atoms with van der Waals surface area (Å²) in [5.74, 6) is -0.635. The Labute approximate surface area is 194 Å². The molecule has 5 aromatic rings. The number of amides is 2. The Kier molecular flexibility index (Phi) is 4.16. The highest BCUT2D eigenvalue weighted by Gasteiger charge is 2.36. The molecule has 2 amide bonds. The van der Waals surface area contributed by atoms with Crippen LogP contribution < -0.4 is 10.6 Å². The maximum absolute atomic E-state index is 13.1.